The number of aliphatic hydroxyl groups excluding tert-OH is 1. The van der Waals surface area contributed by atoms with Crippen LogP contribution in [-0.4, -0.2) is 42.0 Å². The van der Waals surface area contributed by atoms with Crippen molar-refractivity contribution in [2.45, 2.75) is 31.8 Å². The van der Waals surface area contributed by atoms with Gasteiger partial charge in [-0.05, 0) is 31.0 Å². The summed E-state index contributed by atoms with van der Waals surface area (Å²) in [5.74, 6) is 0.642. The van der Waals surface area contributed by atoms with Gasteiger partial charge in [-0.2, -0.15) is 13.2 Å². The van der Waals surface area contributed by atoms with E-state index < -0.39 is 24.1 Å². The molecule has 0 aliphatic carbocycles. The number of fused-ring (bicyclic) bond motifs is 1. The molecule has 2 amide bonds. The van der Waals surface area contributed by atoms with Crippen molar-refractivity contribution in [1.82, 2.24) is 10.3 Å². The molecular weight excluding hydrogens is 415 g/mol. The zero-order valence-corrected chi connectivity index (χ0v) is 16.5. The topological polar surface area (TPSA) is 98.8 Å². The molecule has 2 aromatic rings. The molecule has 1 saturated heterocycles. The lowest BCUT2D eigenvalue weighted by molar-refractivity contribution is -0.141. The molecule has 1 unspecified atom stereocenters. The number of benzene rings is 1. The van der Waals surface area contributed by atoms with Gasteiger partial charge in [0.2, 0.25) is 0 Å². The molecule has 1 aromatic heterocycles. The third-order valence-corrected chi connectivity index (χ3v) is 5.06. The van der Waals surface area contributed by atoms with Gasteiger partial charge < -0.3 is 30.7 Å². The van der Waals surface area contributed by atoms with Crippen LogP contribution in [0.1, 0.15) is 24.1 Å². The summed E-state index contributed by atoms with van der Waals surface area (Å²) >= 11 is 0. The highest BCUT2D eigenvalue weighted by Gasteiger charge is 2.34. The van der Waals surface area contributed by atoms with E-state index in [2.05, 4.69) is 20.9 Å². The molecule has 2 aliphatic heterocycles. The number of pyridine rings is 1. The number of rotatable bonds is 4. The van der Waals surface area contributed by atoms with E-state index in [1.165, 1.54) is 6.07 Å². The van der Waals surface area contributed by atoms with E-state index in [9.17, 15) is 23.1 Å². The molecule has 0 bridgehead atoms. The Balaban J connectivity index is 1.47. The number of aliphatic hydroxyl groups is 1. The van der Waals surface area contributed by atoms with E-state index in [-0.39, 0.29) is 19.0 Å². The molecule has 8 nitrogen and oxygen atoms in total. The Morgan fingerprint density at radius 1 is 1.26 bits per heavy atom. The number of anilines is 3. The molecular formula is C20H22F3N5O3. The first kappa shape index (κ1) is 21.0. The fourth-order valence-corrected chi connectivity index (χ4v) is 3.61. The van der Waals surface area contributed by atoms with Crippen LogP contribution in [-0.2, 0) is 12.7 Å². The van der Waals surface area contributed by atoms with Crippen LogP contribution in [0.15, 0.2) is 30.3 Å². The standard InChI is InChI=1S/C20H22F3N5O3/c21-20(22,23)15-7-6-12(18(27-15)28-8-1-2-9-28)10-24-19(30)26-14-5-3-4-13-17(14)31-11-16(29)25-13/h3-7,16,25,29H,1-2,8-11H2,(H2,24,26,30). The second kappa shape index (κ2) is 8.50. The number of halogens is 3. The molecule has 0 saturated carbocycles. The molecule has 11 heteroatoms. The number of urea groups is 1. The summed E-state index contributed by atoms with van der Waals surface area (Å²) < 4.78 is 44.8. The maximum absolute atomic E-state index is 13.1. The summed E-state index contributed by atoms with van der Waals surface area (Å²) in [5.41, 5.74) is 0.492. The van der Waals surface area contributed by atoms with E-state index in [4.69, 9.17) is 4.74 Å². The smallest absolute Gasteiger partial charge is 0.433 e. The Bertz CT molecular complexity index is 964. The average Bonchev–Trinajstić information content (AvgIpc) is 3.26. The van der Waals surface area contributed by atoms with Crippen LogP contribution in [0.2, 0.25) is 0 Å². The molecule has 1 atom stereocenters. The fraction of sp³-hybridized carbons (Fsp3) is 0.400. The highest BCUT2D eigenvalue weighted by Crippen LogP contribution is 2.36. The van der Waals surface area contributed by atoms with Gasteiger partial charge in [-0.1, -0.05) is 12.1 Å². The van der Waals surface area contributed by atoms with Gasteiger partial charge in [-0.3, -0.25) is 0 Å². The van der Waals surface area contributed by atoms with Gasteiger partial charge in [-0.25, -0.2) is 9.78 Å². The molecule has 0 radical (unpaired) electrons. The molecule has 0 spiro atoms. The van der Waals surface area contributed by atoms with E-state index in [1.807, 2.05) is 4.90 Å². The lowest BCUT2D eigenvalue weighted by Gasteiger charge is -2.25. The predicted octanol–water partition coefficient (Wildman–Crippen LogP) is 3.15. The van der Waals surface area contributed by atoms with Crippen LogP contribution in [0.5, 0.6) is 5.75 Å². The Morgan fingerprint density at radius 3 is 2.77 bits per heavy atom. The van der Waals surface area contributed by atoms with Gasteiger partial charge >= 0.3 is 12.2 Å². The number of hydrogen-bond acceptors (Lipinski definition) is 6. The highest BCUT2D eigenvalue weighted by atomic mass is 19.4. The second-order valence-electron chi connectivity index (χ2n) is 7.33. The third-order valence-electron chi connectivity index (χ3n) is 5.06. The Morgan fingerprint density at radius 2 is 2.03 bits per heavy atom. The molecule has 2 aliphatic rings. The number of nitrogens with zero attached hydrogens (tertiary/aromatic N) is 2. The van der Waals surface area contributed by atoms with Crippen LogP contribution in [0, 0.1) is 0 Å². The number of carbonyl (C=O) groups is 1. The van der Waals surface area contributed by atoms with E-state index in [0.717, 1.165) is 18.9 Å². The van der Waals surface area contributed by atoms with Crippen molar-refractivity contribution in [1.29, 1.82) is 0 Å². The summed E-state index contributed by atoms with van der Waals surface area (Å²) in [6, 6.07) is 6.77. The highest BCUT2D eigenvalue weighted by molar-refractivity contribution is 5.92. The lowest BCUT2D eigenvalue weighted by Crippen LogP contribution is -2.33. The normalized spacial score (nSPS) is 18.1. The SMILES string of the molecule is O=C(NCc1ccc(C(F)(F)F)nc1N1CCCC1)Nc1cccc2c1OCC(O)N2. The van der Waals surface area contributed by atoms with E-state index in [0.29, 0.717) is 35.8 Å². The molecule has 31 heavy (non-hydrogen) atoms. The Kier molecular flexibility index (Phi) is 5.77. The zero-order valence-electron chi connectivity index (χ0n) is 16.5. The number of ether oxygens (including phenoxy) is 1. The molecule has 3 heterocycles. The Hall–Kier alpha value is -3.21. The molecule has 4 rings (SSSR count). The van der Waals surface area contributed by atoms with Gasteiger partial charge in [0.15, 0.2) is 12.0 Å². The minimum Gasteiger partial charge on any atom is -0.485 e. The first-order valence-electron chi connectivity index (χ1n) is 9.88. The van der Waals surface area contributed by atoms with Gasteiger partial charge in [0, 0.05) is 25.2 Å². The number of aromatic nitrogens is 1. The number of alkyl halides is 3. The van der Waals surface area contributed by atoms with Crippen molar-refractivity contribution in [3.8, 4) is 5.75 Å². The van der Waals surface area contributed by atoms with Gasteiger partial charge in [0.1, 0.15) is 18.1 Å². The molecule has 1 fully saturated rings. The van der Waals surface area contributed by atoms with E-state index in [1.54, 1.807) is 18.2 Å². The maximum Gasteiger partial charge on any atom is 0.433 e. The fourth-order valence-electron chi connectivity index (χ4n) is 3.61. The number of nitrogens with one attached hydrogen (secondary N) is 3. The quantitative estimate of drug-likeness (QED) is 0.587. The summed E-state index contributed by atoms with van der Waals surface area (Å²) in [7, 11) is 0. The summed E-state index contributed by atoms with van der Waals surface area (Å²) in [6.45, 7) is 1.29. The Labute approximate surface area is 176 Å². The minimum atomic E-state index is -4.54. The number of para-hydroxylation sites is 1. The van der Waals surface area contributed by atoms with Crippen LogP contribution < -0.4 is 25.6 Å². The lowest BCUT2D eigenvalue weighted by atomic mass is 10.2. The first-order chi connectivity index (χ1) is 14.8. The predicted molar refractivity (Wildman–Crippen MR) is 108 cm³/mol. The van der Waals surface area contributed by atoms with Gasteiger partial charge in [-0.15, -0.1) is 0 Å². The molecule has 1 aromatic carbocycles. The zero-order chi connectivity index (χ0) is 22.0. The summed E-state index contributed by atoms with van der Waals surface area (Å²) in [5, 5.41) is 17.8. The van der Waals surface area contributed by atoms with Crippen LogP contribution in [0.25, 0.3) is 0 Å². The minimum absolute atomic E-state index is 0.00957. The average molecular weight is 437 g/mol. The van der Waals surface area contributed by atoms with Crippen molar-refractivity contribution in [3.63, 3.8) is 0 Å². The van der Waals surface area contributed by atoms with E-state index >= 15 is 0 Å². The van der Waals surface area contributed by atoms with Gasteiger partial charge in [0.25, 0.3) is 0 Å². The third kappa shape index (κ3) is 4.76. The summed E-state index contributed by atoms with van der Waals surface area (Å²) in [4.78, 5) is 18.1. The van der Waals surface area contributed by atoms with Crippen LogP contribution in [0.4, 0.5) is 35.2 Å². The maximum atomic E-state index is 13.1. The van der Waals surface area contributed by atoms with Crippen molar-refractivity contribution in [2.24, 2.45) is 0 Å². The molecule has 4 N–H and O–H groups in total. The monoisotopic (exact) mass is 437 g/mol. The van der Waals surface area contributed by atoms with Crippen molar-refractivity contribution < 1.29 is 27.8 Å². The second-order valence-corrected chi connectivity index (χ2v) is 7.33. The van der Waals surface area contributed by atoms with Crippen LogP contribution >= 0.6 is 0 Å². The number of hydrogen-bond donors (Lipinski definition) is 4. The molecule has 166 valence electrons. The first-order valence-corrected chi connectivity index (χ1v) is 9.88. The van der Waals surface area contributed by atoms with Crippen molar-refractivity contribution in [2.75, 3.05) is 35.2 Å². The van der Waals surface area contributed by atoms with Gasteiger partial charge in [0.05, 0.1) is 11.4 Å². The van der Waals surface area contributed by atoms with Crippen molar-refractivity contribution >= 4 is 23.2 Å². The van der Waals surface area contributed by atoms with Crippen LogP contribution in [0.3, 0.4) is 0 Å². The largest absolute Gasteiger partial charge is 0.485 e. The summed E-state index contributed by atoms with van der Waals surface area (Å²) in [6.07, 6.45) is -3.61. The van der Waals surface area contributed by atoms with Crippen molar-refractivity contribution in [3.05, 3.63) is 41.6 Å². The number of carbonyl (C=O) groups excluding carboxylic acids is 1. The number of amides is 2.